The predicted octanol–water partition coefficient (Wildman–Crippen LogP) is 1.87. The lowest BCUT2D eigenvalue weighted by Gasteiger charge is -2.03. The molecule has 0 aliphatic rings. The number of hydrogen-bond acceptors (Lipinski definition) is 3. The Morgan fingerprint density at radius 1 is 1.29 bits per heavy atom. The van der Waals surface area contributed by atoms with Crippen molar-refractivity contribution in [2.75, 3.05) is 11.1 Å². The van der Waals surface area contributed by atoms with Crippen LogP contribution < -0.4 is 11.1 Å². The molecule has 0 saturated carbocycles. The van der Waals surface area contributed by atoms with Crippen LogP contribution in [-0.2, 0) is 0 Å². The molecule has 0 bridgehead atoms. The minimum Gasteiger partial charge on any atom is -0.380 e. The van der Waals surface area contributed by atoms with Crippen molar-refractivity contribution in [1.29, 1.82) is 0 Å². The second-order valence-corrected chi connectivity index (χ2v) is 2.82. The number of nitrogens with one attached hydrogen (secondary N) is 2. The predicted molar refractivity (Wildman–Crippen MR) is 52.7 cm³/mol. The maximum absolute atomic E-state index is 12.6. The third kappa shape index (κ3) is 1.66. The fourth-order valence-electron chi connectivity index (χ4n) is 1.09. The minimum atomic E-state index is -0.268. The lowest BCUT2D eigenvalue weighted by molar-refractivity contribution is 0.628. The second kappa shape index (κ2) is 3.37. The molecule has 2 rings (SSSR count). The first-order valence-corrected chi connectivity index (χ1v) is 4.07. The summed E-state index contributed by atoms with van der Waals surface area (Å²) in [6, 6.07) is 6.00. The zero-order valence-electron chi connectivity index (χ0n) is 7.29. The van der Waals surface area contributed by atoms with Crippen LogP contribution in [0.2, 0.25) is 0 Å². The summed E-state index contributed by atoms with van der Waals surface area (Å²) in [7, 11) is 0. The molecule has 0 aliphatic heterocycles. The van der Waals surface area contributed by atoms with Crippen LogP contribution >= 0.6 is 0 Å². The number of rotatable bonds is 2. The quantitative estimate of drug-likeness (QED) is 0.680. The van der Waals surface area contributed by atoms with Crippen LogP contribution in [-0.4, -0.2) is 10.2 Å². The summed E-state index contributed by atoms with van der Waals surface area (Å²) in [5, 5.41) is 9.36. The molecule has 0 aliphatic carbocycles. The maximum atomic E-state index is 12.6. The molecule has 0 atom stereocenters. The third-order valence-electron chi connectivity index (χ3n) is 1.79. The van der Waals surface area contributed by atoms with E-state index in [1.54, 1.807) is 18.3 Å². The Bertz CT molecular complexity index is 421. The van der Waals surface area contributed by atoms with Crippen LogP contribution in [0.1, 0.15) is 0 Å². The van der Waals surface area contributed by atoms with Gasteiger partial charge >= 0.3 is 0 Å². The number of aromatic nitrogens is 2. The van der Waals surface area contributed by atoms with Crippen molar-refractivity contribution in [3.05, 3.63) is 36.3 Å². The first kappa shape index (κ1) is 8.55. The van der Waals surface area contributed by atoms with Crippen molar-refractivity contribution in [3.63, 3.8) is 0 Å². The molecule has 0 saturated heterocycles. The van der Waals surface area contributed by atoms with Crippen molar-refractivity contribution in [1.82, 2.24) is 10.2 Å². The molecular weight excluding hydrogens is 183 g/mol. The molecule has 5 heteroatoms. The number of benzene rings is 1. The molecule has 1 aromatic carbocycles. The lowest BCUT2D eigenvalue weighted by atomic mass is 10.3. The number of nitrogens with zero attached hydrogens (tertiary/aromatic N) is 1. The van der Waals surface area contributed by atoms with E-state index in [1.807, 2.05) is 0 Å². The fourth-order valence-corrected chi connectivity index (χ4v) is 1.09. The van der Waals surface area contributed by atoms with Gasteiger partial charge in [-0.1, -0.05) is 0 Å². The number of nitrogen functional groups attached to an aromatic ring is 1. The maximum Gasteiger partial charge on any atom is 0.169 e. The largest absolute Gasteiger partial charge is 0.380 e. The Balaban J connectivity index is 2.19. The Hall–Kier alpha value is -2.04. The molecule has 4 nitrogen and oxygen atoms in total. The lowest BCUT2D eigenvalue weighted by Crippen LogP contribution is -1.93. The Morgan fingerprint density at radius 2 is 2.00 bits per heavy atom. The number of aromatic amines is 1. The Kier molecular flexibility index (Phi) is 2.06. The van der Waals surface area contributed by atoms with Gasteiger partial charge in [0.15, 0.2) is 5.82 Å². The highest BCUT2D eigenvalue weighted by molar-refractivity contribution is 5.68. The average molecular weight is 192 g/mol. The standard InChI is InChI=1S/C9H9FN4/c10-6-1-3-7(4-2-6)13-8-5-12-14-9(8)11/h1-5,13H,(H3,11,12,14). The van der Waals surface area contributed by atoms with E-state index in [0.29, 0.717) is 11.5 Å². The molecule has 72 valence electrons. The summed E-state index contributed by atoms with van der Waals surface area (Å²) >= 11 is 0. The van der Waals surface area contributed by atoms with E-state index in [4.69, 9.17) is 5.73 Å². The van der Waals surface area contributed by atoms with Gasteiger partial charge in [0, 0.05) is 11.9 Å². The number of nitrogens with two attached hydrogens (primary N) is 1. The zero-order valence-corrected chi connectivity index (χ0v) is 7.29. The van der Waals surface area contributed by atoms with Crippen molar-refractivity contribution in [3.8, 4) is 0 Å². The average Bonchev–Trinajstić information content (AvgIpc) is 2.56. The van der Waals surface area contributed by atoms with Crippen LogP contribution in [0.4, 0.5) is 21.6 Å². The van der Waals surface area contributed by atoms with Gasteiger partial charge < -0.3 is 11.1 Å². The fraction of sp³-hybridized carbons (Fsp3) is 0. The molecule has 14 heavy (non-hydrogen) atoms. The summed E-state index contributed by atoms with van der Waals surface area (Å²) in [5.74, 6) is 0.116. The van der Waals surface area contributed by atoms with Crippen molar-refractivity contribution in [2.45, 2.75) is 0 Å². The zero-order chi connectivity index (χ0) is 9.97. The van der Waals surface area contributed by atoms with E-state index in [9.17, 15) is 4.39 Å². The second-order valence-electron chi connectivity index (χ2n) is 2.82. The van der Waals surface area contributed by atoms with E-state index in [-0.39, 0.29) is 5.82 Å². The van der Waals surface area contributed by atoms with Crippen LogP contribution in [0.25, 0.3) is 0 Å². The van der Waals surface area contributed by atoms with E-state index in [0.717, 1.165) is 5.69 Å². The van der Waals surface area contributed by atoms with Gasteiger partial charge in [-0.3, -0.25) is 5.10 Å². The van der Waals surface area contributed by atoms with Crippen LogP contribution in [0.15, 0.2) is 30.5 Å². The van der Waals surface area contributed by atoms with Gasteiger partial charge in [-0.2, -0.15) is 5.10 Å². The molecule has 1 heterocycles. The SMILES string of the molecule is Nc1n[nH]cc1Nc1ccc(F)cc1. The van der Waals surface area contributed by atoms with Crippen LogP contribution in [0, 0.1) is 5.82 Å². The molecule has 1 aromatic heterocycles. The first-order chi connectivity index (χ1) is 6.75. The molecule has 2 aromatic rings. The number of H-pyrrole nitrogens is 1. The summed E-state index contributed by atoms with van der Waals surface area (Å²) in [4.78, 5) is 0. The van der Waals surface area contributed by atoms with Gasteiger partial charge in [0.1, 0.15) is 11.5 Å². The topological polar surface area (TPSA) is 66.7 Å². The summed E-state index contributed by atoms with van der Waals surface area (Å²) < 4.78 is 12.6. The normalized spacial score (nSPS) is 10.1. The van der Waals surface area contributed by atoms with Crippen molar-refractivity contribution < 1.29 is 4.39 Å². The molecule has 0 unspecified atom stereocenters. The molecule has 0 spiro atoms. The van der Waals surface area contributed by atoms with Gasteiger partial charge in [-0.15, -0.1) is 0 Å². The monoisotopic (exact) mass is 192 g/mol. The molecule has 0 fully saturated rings. The van der Waals surface area contributed by atoms with E-state index >= 15 is 0 Å². The minimum absolute atomic E-state index is 0.268. The summed E-state index contributed by atoms with van der Waals surface area (Å²) in [5.41, 5.74) is 6.98. The van der Waals surface area contributed by atoms with E-state index in [2.05, 4.69) is 15.5 Å². The first-order valence-electron chi connectivity index (χ1n) is 4.07. The van der Waals surface area contributed by atoms with Gasteiger partial charge in [-0.05, 0) is 24.3 Å². The number of anilines is 3. The summed E-state index contributed by atoms with van der Waals surface area (Å²) in [6.07, 6.45) is 1.64. The van der Waals surface area contributed by atoms with Crippen LogP contribution in [0.5, 0.6) is 0 Å². The highest BCUT2D eigenvalue weighted by Crippen LogP contribution is 2.19. The summed E-state index contributed by atoms with van der Waals surface area (Å²) in [6.45, 7) is 0. The van der Waals surface area contributed by atoms with Crippen molar-refractivity contribution >= 4 is 17.2 Å². The Morgan fingerprint density at radius 3 is 2.57 bits per heavy atom. The number of hydrogen-bond donors (Lipinski definition) is 3. The molecular formula is C9H9FN4. The Labute approximate surface area is 79.9 Å². The van der Waals surface area contributed by atoms with E-state index in [1.165, 1.54) is 12.1 Å². The van der Waals surface area contributed by atoms with Gasteiger partial charge in [-0.25, -0.2) is 4.39 Å². The van der Waals surface area contributed by atoms with E-state index < -0.39 is 0 Å². The highest BCUT2D eigenvalue weighted by Gasteiger charge is 2.00. The smallest absolute Gasteiger partial charge is 0.169 e. The van der Waals surface area contributed by atoms with Gasteiger partial charge in [0.05, 0.1) is 0 Å². The number of halogens is 1. The molecule has 0 radical (unpaired) electrons. The van der Waals surface area contributed by atoms with Crippen molar-refractivity contribution in [2.24, 2.45) is 0 Å². The van der Waals surface area contributed by atoms with Gasteiger partial charge in [0.25, 0.3) is 0 Å². The highest BCUT2D eigenvalue weighted by atomic mass is 19.1. The molecule has 4 N–H and O–H groups in total. The molecule has 0 amide bonds. The third-order valence-corrected chi connectivity index (χ3v) is 1.79. The van der Waals surface area contributed by atoms with Crippen LogP contribution in [0.3, 0.4) is 0 Å². The van der Waals surface area contributed by atoms with Gasteiger partial charge in [0.2, 0.25) is 0 Å².